The summed E-state index contributed by atoms with van der Waals surface area (Å²) in [7, 11) is 0. The summed E-state index contributed by atoms with van der Waals surface area (Å²) in [6.07, 6.45) is 1.28. The summed E-state index contributed by atoms with van der Waals surface area (Å²) in [4.78, 5) is 23.9. The Balaban J connectivity index is 1.49. The molecule has 0 aliphatic heterocycles. The number of para-hydroxylation sites is 1. The minimum absolute atomic E-state index is 0.0415. The molecule has 9 nitrogen and oxygen atoms in total. The molecule has 0 atom stereocenters. The highest BCUT2D eigenvalue weighted by Gasteiger charge is 2.11. The van der Waals surface area contributed by atoms with Crippen molar-refractivity contribution >= 4 is 56.2 Å². The van der Waals surface area contributed by atoms with Gasteiger partial charge in [-0.25, -0.2) is 10.2 Å². The van der Waals surface area contributed by atoms with Gasteiger partial charge in [0.15, 0.2) is 0 Å². The number of carbonyl (C=O) groups is 2. The highest BCUT2D eigenvalue weighted by atomic mass is 79.9. The van der Waals surface area contributed by atoms with Crippen LogP contribution in [-0.2, 0) is 11.2 Å². The van der Waals surface area contributed by atoms with Crippen LogP contribution in [0.2, 0.25) is 0 Å². The minimum atomic E-state index is -0.457. The second kappa shape index (κ2) is 9.75. The zero-order chi connectivity index (χ0) is 20.6. The number of phenolic OH excluding ortho intramolecular Hbond substituents is 1. The lowest BCUT2D eigenvalue weighted by Gasteiger charge is -2.03. The number of aromatic hydroxyl groups is 1. The first-order chi connectivity index (χ1) is 14.0. The zero-order valence-electron chi connectivity index (χ0n) is 14.8. The highest BCUT2D eigenvalue weighted by Crippen LogP contribution is 2.20. The second-order valence-corrected chi connectivity index (χ2v) is 7.60. The van der Waals surface area contributed by atoms with E-state index in [0.29, 0.717) is 16.3 Å². The quantitative estimate of drug-likeness (QED) is 0.321. The number of hydrogen-bond donors (Lipinski definition) is 4. The Morgan fingerprint density at radius 1 is 1.14 bits per heavy atom. The topological polar surface area (TPSA) is 129 Å². The lowest BCUT2D eigenvalue weighted by Crippen LogP contribution is -2.19. The summed E-state index contributed by atoms with van der Waals surface area (Å²) in [5.41, 5.74) is 3.44. The molecule has 2 aromatic carbocycles. The Morgan fingerprint density at radius 2 is 1.93 bits per heavy atom. The van der Waals surface area contributed by atoms with Gasteiger partial charge in [0.25, 0.3) is 0 Å². The number of carbonyl (C=O) groups excluding carboxylic acids is 2. The van der Waals surface area contributed by atoms with E-state index in [0.717, 1.165) is 15.8 Å². The van der Waals surface area contributed by atoms with Crippen LogP contribution in [0.5, 0.6) is 5.75 Å². The lowest BCUT2D eigenvalue weighted by molar-refractivity contribution is -0.120. The van der Waals surface area contributed by atoms with Crippen molar-refractivity contribution in [3.63, 3.8) is 0 Å². The number of aromatic nitrogens is 2. The number of rotatable bonds is 6. The van der Waals surface area contributed by atoms with E-state index in [1.807, 2.05) is 6.07 Å². The maximum Gasteiger partial charge on any atom is 0.325 e. The van der Waals surface area contributed by atoms with E-state index in [9.17, 15) is 14.7 Å². The van der Waals surface area contributed by atoms with Crippen LogP contribution in [0.1, 0.15) is 10.6 Å². The van der Waals surface area contributed by atoms with Crippen molar-refractivity contribution in [1.29, 1.82) is 0 Å². The normalized spacial score (nSPS) is 10.7. The number of hydrogen-bond acceptors (Lipinski definition) is 7. The summed E-state index contributed by atoms with van der Waals surface area (Å²) >= 11 is 4.37. The first-order valence-electron chi connectivity index (χ1n) is 8.25. The van der Waals surface area contributed by atoms with Crippen LogP contribution in [0.15, 0.2) is 58.1 Å². The molecule has 0 fully saturated rings. The Kier molecular flexibility index (Phi) is 6.87. The summed E-state index contributed by atoms with van der Waals surface area (Å²) < 4.78 is 0.772. The lowest BCUT2D eigenvalue weighted by atomic mass is 10.2. The van der Waals surface area contributed by atoms with Crippen molar-refractivity contribution in [2.24, 2.45) is 5.10 Å². The van der Waals surface area contributed by atoms with E-state index in [4.69, 9.17) is 0 Å². The molecule has 3 aromatic rings. The average Bonchev–Trinajstić information content (AvgIpc) is 3.11. The van der Waals surface area contributed by atoms with Gasteiger partial charge in [0.05, 0.1) is 12.6 Å². The van der Waals surface area contributed by atoms with Crippen LogP contribution in [0.25, 0.3) is 0 Å². The molecular formula is C18H15BrN6O3S. The number of halogens is 1. The van der Waals surface area contributed by atoms with E-state index < -0.39 is 11.9 Å². The molecule has 0 bridgehead atoms. The number of anilines is 2. The Morgan fingerprint density at radius 3 is 2.72 bits per heavy atom. The van der Waals surface area contributed by atoms with Crippen LogP contribution in [0, 0.1) is 0 Å². The van der Waals surface area contributed by atoms with Crippen LogP contribution < -0.4 is 16.1 Å². The molecule has 3 amide bonds. The van der Waals surface area contributed by atoms with Crippen molar-refractivity contribution in [1.82, 2.24) is 15.6 Å². The van der Waals surface area contributed by atoms with Crippen LogP contribution >= 0.6 is 27.3 Å². The van der Waals surface area contributed by atoms with E-state index >= 15 is 0 Å². The number of benzene rings is 2. The molecule has 0 unspecified atom stereocenters. The van der Waals surface area contributed by atoms with Gasteiger partial charge in [-0.15, -0.1) is 10.2 Å². The predicted molar refractivity (Wildman–Crippen MR) is 114 cm³/mol. The third-order valence-electron chi connectivity index (χ3n) is 3.41. The smallest absolute Gasteiger partial charge is 0.325 e. The molecule has 0 spiro atoms. The molecule has 0 aliphatic rings. The fraction of sp³-hybridized carbons (Fsp3) is 0.0556. The molecule has 0 radical (unpaired) electrons. The molecule has 3 rings (SSSR count). The van der Waals surface area contributed by atoms with E-state index in [2.05, 4.69) is 47.3 Å². The third kappa shape index (κ3) is 6.36. The monoisotopic (exact) mass is 474 g/mol. The largest absolute Gasteiger partial charge is 0.507 e. The summed E-state index contributed by atoms with van der Waals surface area (Å²) in [5, 5.41) is 27.2. The van der Waals surface area contributed by atoms with Crippen molar-refractivity contribution < 1.29 is 14.7 Å². The standard InChI is InChI=1S/C18H15BrN6O3S/c19-12-6-7-14(26)11(8-12)10-20-23-15(27)9-16-24-25-18(29-16)22-17(28)21-13-4-2-1-3-5-13/h1-8,10,26H,9H2,(H,23,27)(H2,21,22,25,28). The van der Waals surface area contributed by atoms with Gasteiger partial charge < -0.3 is 10.4 Å². The number of urea groups is 1. The summed E-state index contributed by atoms with van der Waals surface area (Å²) in [6.45, 7) is 0. The number of nitrogens with one attached hydrogen (secondary N) is 3. The molecule has 4 N–H and O–H groups in total. The van der Waals surface area contributed by atoms with Gasteiger partial charge in [-0.05, 0) is 30.3 Å². The molecule has 11 heteroatoms. The molecule has 148 valence electrons. The molecule has 29 heavy (non-hydrogen) atoms. The van der Waals surface area contributed by atoms with Gasteiger partial charge in [-0.2, -0.15) is 5.10 Å². The number of nitrogens with zero attached hydrogens (tertiary/aromatic N) is 3. The summed E-state index contributed by atoms with van der Waals surface area (Å²) in [6, 6.07) is 13.4. The first-order valence-corrected chi connectivity index (χ1v) is 9.86. The SMILES string of the molecule is O=C(Cc1nnc(NC(=O)Nc2ccccc2)s1)NN=Cc1cc(Br)ccc1O. The van der Waals surface area contributed by atoms with Crippen molar-refractivity contribution in [3.05, 3.63) is 63.6 Å². The molecule has 1 heterocycles. The van der Waals surface area contributed by atoms with E-state index in [1.54, 1.807) is 36.4 Å². The van der Waals surface area contributed by atoms with E-state index in [-0.39, 0.29) is 17.3 Å². The van der Waals surface area contributed by atoms with Gasteiger partial charge >= 0.3 is 6.03 Å². The summed E-state index contributed by atoms with van der Waals surface area (Å²) in [5.74, 6) is -0.369. The number of amides is 3. The van der Waals surface area contributed by atoms with E-state index in [1.165, 1.54) is 12.3 Å². The minimum Gasteiger partial charge on any atom is -0.507 e. The fourth-order valence-electron chi connectivity index (χ4n) is 2.14. The maximum absolute atomic E-state index is 12.0. The fourth-order valence-corrected chi connectivity index (χ4v) is 3.25. The van der Waals surface area contributed by atoms with Crippen LogP contribution in [-0.4, -0.2) is 33.5 Å². The maximum atomic E-state index is 12.0. The second-order valence-electron chi connectivity index (χ2n) is 5.62. The van der Waals surface area contributed by atoms with Gasteiger partial charge in [0.1, 0.15) is 10.8 Å². The molecule has 0 saturated carbocycles. The zero-order valence-corrected chi connectivity index (χ0v) is 17.2. The van der Waals surface area contributed by atoms with Crippen molar-refractivity contribution in [2.75, 3.05) is 10.6 Å². The third-order valence-corrected chi connectivity index (χ3v) is 4.75. The van der Waals surface area contributed by atoms with Gasteiger partial charge in [-0.3, -0.25) is 10.1 Å². The Hall–Kier alpha value is -3.31. The first kappa shape index (κ1) is 20.4. The van der Waals surface area contributed by atoms with Crippen LogP contribution in [0.3, 0.4) is 0 Å². The van der Waals surface area contributed by atoms with Crippen LogP contribution in [0.4, 0.5) is 15.6 Å². The van der Waals surface area contributed by atoms with Crippen molar-refractivity contribution in [3.8, 4) is 5.75 Å². The number of hydrazone groups is 1. The van der Waals surface area contributed by atoms with Gasteiger partial charge in [0.2, 0.25) is 11.0 Å². The predicted octanol–water partition coefficient (Wildman–Crippen LogP) is 3.34. The average molecular weight is 475 g/mol. The molecule has 1 aromatic heterocycles. The van der Waals surface area contributed by atoms with Gasteiger partial charge in [0, 0.05) is 15.7 Å². The Labute approximate surface area is 178 Å². The highest BCUT2D eigenvalue weighted by molar-refractivity contribution is 9.10. The van der Waals surface area contributed by atoms with Gasteiger partial charge in [-0.1, -0.05) is 45.5 Å². The molecule has 0 aliphatic carbocycles. The molecular weight excluding hydrogens is 460 g/mol. The molecule has 0 saturated heterocycles. The van der Waals surface area contributed by atoms with Crippen molar-refractivity contribution in [2.45, 2.75) is 6.42 Å². The number of phenols is 1. The Bertz CT molecular complexity index is 1040.